The summed E-state index contributed by atoms with van der Waals surface area (Å²) in [7, 11) is 3.23. The monoisotopic (exact) mass is 444 g/mol. The largest absolute Gasteiger partial charge is 0.496 e. The van der Waals surface area contributed by atoms with Crippen LogP contribution in [0, 0.1) is 11.8 Å². The van der Waals surface area contributed by atoms with Gasteiger partial charge >= 0.3 is 0 Å². The Hall–Kier alpha value is -2.31. The van der Waals surface area contributed by atoms with Gasteiger partial charge in [0.15, 0.2) is 5.82 Å². The lowest BCUT2D eigenvalue weighted by atomic mass is 10.0. The summed E-state index contributed by atoms with van der Waals surface area (Å²) in [4.78, 5) is 16.4. The van der Waals surface area contributed by atoms with Crippen LogP contribution in [0.15, 0.2) is 18.3 Å². The van der Waals surface area contributed by atoms with Crippen molar-refractivity contribution >= 4 is 39.9 Å². The Bertz CT molecular complexity index is 1140. The second-order valence-electron chi connectivity index (χ2n) is 7.86. The van der Waals surface area contributed by atoms with E-state index < -0.39 is 0 Å². The van der Waals surface area contributed by atoms with Gasteiger partial charge in [-0.2, -0.15) is 0 Å². The molecule has 0 spiro atoms. The molecule has 2 fully saturated rings. The van der Waals surface area contributed by atoms with Gasteiger partial charge in [0.25, 0.3) is 0 Å². The van der Waals surface area contributed by atoms with Crippen LogP contribution in [-0.4, -0.2) is 42.3 Å². The molecule has 0 bridgehead atoms. The number of anilines is 1. The zero-order valence-electron chi connectivity index (χ0n) is 17.1. The van der Waals surface area contributed by atoms with Crippen molar-refractivity contribution in [2.24, 2.45) is 11.8 Å². The van der Waals surface area contributed by atoms with Gasteiger partial charge in [-0.1, -0.05) is 30.1 Å². The van der Waals surface area contributed by atoms with Gasteiger partial charge in [0.2, 0.25) is 0 Å². The van der Waals surface area contributed by atoms with Crippen LogP contribution in [0.1, 0.15) is 18.9 Å². The lowest BCUT2D eigenvalue weighted by Gasteiger charge is -2.22. The normalized spacial score (nSPS) is 19.8. The van der Waals surface area contributed by atoms with Gasteiger partial charge in [-0.15, -0.1) is 0 Å². The molecule has 0 radical (unpaired) electrons. The summed E-state index contributed by atoms with van der Waals surface area (Å²) >= 11 is 13.0. The molecule has 2 unspecified atom stereocenters. The average Bonchev–Trinajstić information content (AvgIpc) is 3.37. The smallest absolute Gasteiger partial charge is 0.164 e. The van der Waals surface area contributed by atoms with Crippen LogP contribution < -0.4 is 14.4 Å². The fourth-order valence-electron chi connectivity index (χ4n) is 4.48. The van der Waals surface area contributed by atoms with Gasteiger partial charge in [-0.3, -0.25) is 0 Å². The Morgan fingerprint density at radius 2 is 1.80 bits per heavy atom. The van der Waals surface area contributed by atoms with Gasteiger partial charge in [-0.25, -0.2) is 15.0 Å². The van der Waals surface area contributed by atoms with Gasteiger partial charge < -0.3 is 14.4 Å². The highest BCUT2D eigenvalue weighted by Crippen LogP contribution is 2.48. The van der Waals surface area contributed by atoms with Crippen LogP contribution >= 0.6 is 23.2 Å². The number of rotatable bonds is 5. The second kappa shape index (κ2) is 7.43. The zero-order valence-corrected chi connectivity index (χ0v) is 18.6. The molecular weight excluding hydrogens is 423 g/mol. The molecule has 1 aliphatic carbocycles. The van der Waals surface area contributed by atoms with Crippen molar-refractivity contribution in [3.63, 3.8) is 0 Å². The van der Waals surface area contributed by atoms with E-state index in [1.165, 1.54) is 6.42 Å². The Balaban J connectivity index is 1.77. The predicted molar refractivity (Wildman–Crippen MR) is 119 cm³/mol. The summed E-state index contributed by atoms with van der Waals surface area (Å²) in [5, 5.41) is 1.82. The lowest BCUT2D eigenvalue weighted by molar-refractivity contribution is 0.392. The molecule has 8 heteroatoms. The minimum absolute atomic E-state index is 0.430. The number of benzene rings is 1. The number of hydrogen-bond donors (Lipinski definition) is 0. The number of fused-ring (bicyclic) bond motifs is 2. The highest BCUT2D eigenvalue weighted by Gasteiger charge is 2.46. The van der Waals surface area contributed by atoms with Crippen LogP contribution in [0.3, 0.4) is 0 Å². The van der Waals surface area contributed by atoms with Crippen molar-refractivity contribution in [3.8, 4) is 22.9 Å². The zero-order chi connectivity index (χ0) is 21.0. The minimum atomic E-state index is 0.430. The van der Waals surface area contributed by atoms with Gasteiger partial charge in [0.05, 0.1) is 31.0 Å². The third-order valence-electron chi connectivity index (χ3n) is 6.12. The third kappa shape index (κ3) is 3.13. The van der Waals surface area contributed by atoms with Crippen LogP contribution in [0.4, 0.5) is 5.82 Å². The number of nitrogens with zero attached hydrogens (tertiary/aromatic N) is 4. The molecule has 1 aliphatic heterocycles. The molecule has 6 nitrogen and oxygen atoms in total. The van der Waals surface area contributed by atoms with E-state index in [1.807, 2.05) is 12.1 Å². The molecule has 2 aliphatic rings. The van der Waals surface area contributed by atoms with Crippen molar-refractivity contribution in [1.29, 1.82) is 0 Å². The van der Waals surface area contributed by atoms with Crippen LogP contribution in [0.2, 0.25) is 10.2 Å². The van der Waals surface area contributed by atoms with E-state index >= 15 is 0 Å². The third-order valence-corrected chi connectivity index (χ3v) is 6.70. The quantitative estimate of drug-likeness (QED) is 0.514. The molecule has 0 N–H and O–H groups in total. The number of methoxy groups -OCH3 is 2. The van der Waals surface area contributed by atoms with Gasteiger partial charge in [0, 0.05) is 35.7 Å². The molecule has 5 rings (SSSR count). The SMILES string of the molecule is CCc1c(OC)cc(OC)c(Cl)c1-c1nc(N2CC3CC3C2)c2cc(Cl)ncc2n1. The van der Waals surface area contributed by atoms with E-state index in [1.54, 1.807) is 20.4 Å². The first kappa shape index (κ1) is 19.6. The number of piperidine rings is 1. The number of aromatic nitrogens is 3. The summed E-state index contributed by atoms with van der Waals surface area (Å²) < 4.78 is 11.1. The first-order valence-corrected chi connectivity index (χ1v) is 10.8. The van der Waals surface area contributed by atoms with E-state index in [-0.39, 0.29) is 0 Å². The fraction of sp³-hybridized carbons (Fsp3) is 0.409. The van der Waals surface area contributed by atoms with Crippen molar-refractivity contribution in [2.75, 3.05) is 32.2 Å². The van der Waals surface area contributed by atoms with Crippen molar-refractivity contribution in [2.45, 2.75) is 19.8 Å². The van der Waals surface area contributed by atoms with E-state index in [2.05, 4.69) is 16.8 Å². The topological polar surface area (TPSA) is 60.4 Å². The summed E-state index contributed by atoms with van der Waals surface area (Å²) in [6.45, 7) is 4.07. The van der Waals surface area contributed by atoms with E-state index in [9.17, 15) is 0 Å². The molecule has 156 valence electrons. The molecule has 3 heterocycles. The summed E-state index contributed by atoms with van der Waals surface area (Å²) in [6.07, 6.45) is 3.72. The van der Waals surface area contributed by atoms with Crippen LogP contribution in [-0.2, 0) is 6.42 Å². The Morgan fingerprint density at radius 3 is 2.47 bits per heavy atom. The molecule has 0 amide bonds. The molecular formula is C22H22Cl2N4O2. The second-order valence-corrected chi connectivity index (χ2v) is 8.62. The number of ether oxygens (including phenoxy) is 2. The lowest BCUT2D eigenvalue weighted by Crippen LogP contribution is -2.23. The summed E-state index contributed by atoms with van der Waals surface area (Å²) in [5.74, 6) is 4.19. The molecule has 1 aromatic carbocycles. The number of pyridine rings is 1. The summed E-state index contributed by atoms with van der Waals surface area (Å²) in [5.41, 5.74) is 2.41. The fourth-order valence-corrected chi connectivity index (χ4v) is 4.97. The van der Waals surface area contributed by atoms with Crippen LogP contribution in [0.5, 0.6) is 11.5 Å². The molecule has 1 saturated heterocycles. The molecule has 30 heavy (non-hydrogen) atoms. The highest BCUT2D eigenvalue weighted by molar-refractivity contribution is 6.35. The van der Waals surface area contributed by atoms with E-state index in [0.29, 0.717) is 33.9 Å². The molecule has 3 aromatic rings. The maximum atomic E-state index is 6.76. The first-order chi connectivity index (χ1) is 14.5. The highest BCUT2D eigenvalue weighted by atomic mass is 35.5. The maximum Gasteiger partial charge on any atom is 0.164 e. The van der Waals surface area contributed by atoms with Gasteiger partial charge in [-0.05, 0) is 30.7 Å². The Labute approximate surface area is 185 Å². The Morgan fingerprint density at radius 1 is 1.07 bits per heavy atom. The maximum absolute atomic E-state index is 6.76. The minimum Gasteiger partial charge on any atom is -0.496 e. The van der Waals surface area contributed by atoms with E-state index in [0.717, 1.165) is 52.8 Å². The predicted octanol–water partition coefficient (Wildman–Crippen LogP) is 5.03. The van der Waals surface area contributed by atoms with Crippen molar-refractivity contribution in [3.05, 3.63) is 34.1 Å². The standard InChI is InChI=1S/C22H22Cl2N4O2/c1-4-13-16(29-2)7-17(30-3)20(24)19(13)21-26-15-8-25-18(23)6-14(15)22(27-21)28-9-11-5-12(11)10-28/h6-8,11-12H,4-5,9-10H2,1-3H3. The van der Waals surface area contributed by atoms with Crippen LogP contribution in [0.25, 0.3) is 22.3 Å². The summed E-state index contributed by atoms with van der Waals surface area (Å²) in [6, 6.07) is 3.65. The van der Waals surface area contributed by atoms with Crippen molar-refractivity contribution < 1.29 is 9.47 Å². The van der Waals surface area contributed by atoms with E-state index in [4.69, 9.17) is 42.6 Å². The molecule has 2 atom stereocenters. The van der Waals surface area contributed by atoms with Gasteiger partial charge in [0.1, 0.15) is 22.5 Å². The molecule has 1 saturated carbocycles. The van der Waals surface area contributed by atoms with Crippen molar-refractivity contribution in [1.82, 2.24) is 15.0 Å². The Kier molecular flexibility index (Phi) is 4.86. The average molecular weight is 445 g/mol. The first-order valence-electron chi connectivity index (χ1n) is 10.1. The molecule has 2 aromatic heterocycles. The number of halogens is 2. The number of hydrogen-bond acceptors (Lipinski definition) is 6.